The fourth-order valence-corrected chi connectivity index (χ4v) is 1.42. The van der Waals surface area contributed by atoms with Gasteiger partial charge >= 0.3 is 0 Å². The van der Waals surface area contributed by atoms with E-state index in [1.807, 2.05) is 32.8 Å². The van der Waals surface area contributed by atoms with Gasteiger partial charge in [0.05, 0.1) is 16.9 Å². The number of nitro groups is 1. The molecule has 0 saturated carbocycles. The fourth-order valence-electron chi connectivity index (χ4n) is 1.42. The van der Waals surface area contributed by atoms with Crippen LogP contribution in [-0.2, 0) is 0 Å². The summed E-state index contributed by atoms with van der Waals surface area (Å²) in [4.78, 5) is 16.4. The molecular weight excluding hydrogens is 242 g/mol. The summed E-state index contributed by atoms with van der Waals surface area (Å²) in [6.07, 6.45) is 1.68. The number of nitro benzene ring substituents is 1. The number of hydrogen-bond donors (Lipinski definition) is 0. The zero-order chi connectivity index (χ0) is 12.3. The molecule has 0 unspecified atom stereocenters. The highest BCUT2D eigenvalue weighted by Gasteiger charge is 2.10. The molecule has 0 heterocycles. The summed E-state index contributed by atoms with van der Waals surface area (Å²) in [6.45, 7) is 3.64. The number of benzene rings is 1. The van der Waals surface area contributed by atoms with Crippen LogP contribution in [0.3, 0.4) is 0 Å². The minimum Gasteiger partial charge on any atom is -1.00 e. The van der Waals surface area contributed by atoms with Crippen LogP contribution in [0.4, 0.5) is 11.4 Å². The largest absolute Gasteiger partial charge is 1.00 e. The summed E-state index contributed by atoms with van der Waals surface area (Å²) in [5.41, 5.74) is 2.52. The molecule has 17 heavy (non-hydrogen) atoms. The Morgan fingerprint density at radius 2 is 1.76 bits per heavy atom. The number of rotatable bonds is 3. The maximum Gasteiger partial charge on any atom is 0.270 e. The molecule has 94 valence electrons. The van der Waals surface area contributed by atoms with Crippen molar-refractivity contribution in [2.75, 3.05) is 14.1 Å². The highest BCUT2D eigenvalue weighted by molar-refractivity contribution is 5.66. The third kappa shape index (κ3) is 4.03. The predicted octanol–water partition coefficient (Wildman–Crippen LogP) is -0.563. The topological polar surface area (TPSA) is 58.7 Å². The molecule has 1 aromatic rings. The Kier molecular flexibility index (Phi) is 5.61. The lowest BCUT2D eigenvalue weighted by molar-refractivity contribution is -0.384. The van der Waals surface area contributed by atoms with E-state index in [1.165, 1.54) is 12.1 Å². The third-order valence-electron chi connectivity index (χ3n) is 2.10. The number of halogens is 1. The van der Waals surface area contributed by atoms with Crippen LogP contribution in [0.2, 0.25) is 0 Å². The maximum absolute atomic E-state index is 10.6. The second-order valence-corrected chi connectivity index (χ2v) is 3.89. The van der Waals surface area contributed by atoms with Crippen molar-refractivity contribution in [2.24, 2.45) is 4.99 Å². The maximum atomic E-state index is 10.6. The monoisotopic (exact) mass is 256 g/mol. The normalized spacial score (nSPS) is 10.1. The summed E-state index contributed by atoms with van der Waals surface area (Å²) in [7, 11) is 3.75. The van der Waals surface area contributed by atoms with E-state index in [0.29, 0.717) is 0 Å². The summed E-state index contributed by atoms with van der Waals surface area (Å²) in [5, 5.41) is 10.6. The fraction of sp³-hybridized carbons (Fsp3) is 0.364. The van der Waals surface area contributed by atoms with Gasteiger partial charge in [0.2, 0.25) is 0 Å². The van der Waals surface area contributed by atoms with Gasteiger partial charge in [-0.2, -0.15) is 0 Å². The molecule has 0 saturated heterocycles. The van der Waals surface area contributed by atoms with Crippen LogP contribution >= 0.6 is 0 Å². The van der Waals surface area contributed by atoms with Crippen molar-refractivity contribution in [3.05, 3.63) is 33.4 Å². The van der Waals surface area contributed by atoms with Gasteiger partial charge in [-0.25, -0.2) is 4.99 Å². The van der Waals surface area contributed by atoms with Gasteiger partial charge in [0.25, 0.3) is 5.69 Å². The van der Waals surface area contributed by atoms with Crippen LogP contribution in [0.15, 0.2) is 17.1 Å². The summed E-state index contributed by atoms with van der Waals surface area (Å²) < 4.78 is 0. The Hall–Kier alpha value is -1.62. The first-order valence-corrected chi connectivity index (χ1v) is 4.88. The Bertz CT molecular complexity index is 421. The molecule has 0 aliphatic rings. The van der Waals surface area contributed by atoms with Gasteiger partial charge in [-0.05, 0) is 25.0 Å². The highest BCUT2D eigenvalue weighted by atomic mass is 35.5. The van der Waals surface area contributed by atoms with E-state index in [2.05, 4.69) is 4.99 Å². The number of aliphatic imine (C=N–C) groups is 1. The SMILES string of the molecule is Cc1cc([N+](=O)[O-])cc(C)c1N=CN(C)C.[Cl-]. The lowest BCUT2D eigenvalue weighted by Gasteiger charge is -2.07. The zero-order valence-corrected chi connectivity index (χ0v) is 11.0. The number of non-ortho nitro benzene ring substituents is 1. The molecule has 1 aromatic carbocycles. The van der Waals surface area contributed by atoms with E-state index in [0.717, 1.165) is 16.8 Å². The standard InChI is InChI=1S/C11H15N3O2.ClH/c1-8-5-10(14(15)16)6-9(2)11(8)12-7-13(3)4;/h5-7H,1-4H3;1H/p-1. The first kappa shape index (κ1) is 15.4. The van der Waals surface area contributed by atoms with Crippen molar-refractivity contribution in [2.45, 2.75) is 13.8 Å². The van der Waals surface area contributed by atoms with Gasteiger partial charge < -0.3 is 17.3 Å². The quantitative estimate of drug-likeness (QED) is 0.315. The predicted molar refractivity (Wildman–Crippen MR) is 64.4 cm³/mol. The molecule has 0 fully saturated rings. The molecule has 0 atom stereocenters. The van der Waals surface area contributed by atoms with Crippen molar-refractivity contribution < 1.29 is 17.3 Å². The van der Waals surface area contributed by atoms with Crippen LogP contribution in [0.1, 0.15) is 11.1 Å². The Balaban J connectivity index is 0.00000256. The van der Waals surface area contributed by atoms with Gasteiger partial charge in [-0.1, -0.05) is 0 Å². The molecule has 0 aliphatic heterocycles. The first-order valence-electron chi connectivity index (χ1n) is 4.88. The lowest BCUT2D eigenvalue weighted by atomic mass is 10.1. The van der Waals surface area contributed by atoms with Crippen molar-refractivity contribution in [3.63, 3.8) is 0 Å². The molecule has 0 radical (unpaired) electrons. The van der Waals surface area contributed by atoms with Crippen LogP contribution < -0.4 is 12.4 Å². The van der Waals surface area contributed by atoms with Gasteiger partial charge in [0.15, 0.2) is 0 Å². The van der Waals surface area contributed by atoms with Crippen LogP contribution in [-0.4, -0.2) is 30.3 Å². The molecule has 0 amide bonds. The van der Waals surface area contributed by atoms with Gasteiger partial charge in [0.1, 0.15) is 0 Å². The average molecular weight is 257 g/mol. The Morgan fingerprint density at radius 1 is 1.29 bits per heavy atom. The lowest BCUT2D eigenvalue weighted by Crippen LogP contribution is -3.00. The summed E-state index contributed by atoms with van der Waals surface area (Å²) >= 11 is 0. The summed E-state index contributed by atoms with van der Waals surface area (Å²) in [5.74, 6) is 0. The Labute approximate surface area is 107 Å². The van der Waals surface area contributed by atoms with Crippen molar-refractivity contribution in [3.8, 4) is 0 Å². The Morgan fingerprint density at radius 3 is 2.12 bits per heavy atom. The van der Waals surface area contributed by atoms with Gasteiger partial charge in [-0.15, -0.1) is 0 Å². The van der Waals surface area contributed by atoms with E-state index in [1.54, 1.807) is 6.34 Å². The van der Waals surface area contributed by atoms with Crippen molar-refractivity contribution in [1.29, 1.82) is 0 Å². The minimum atomic E-state index is -0.389. The molecule has 0 spiro atoms. The average Bonchev–Trinajstić information content (AvgIpc) is 2.15. The third-order valence-corrected chi connectivity index (χ3v) is 2.10. The van der Waals surface area contributed by atoms with Crippen LogP contribution in [0, 0.1) is 24.0 Å². The van der Waals surface area contributed by atoms with Crippen LogP contribution in [0.25, 0.3) is 0 Å². The van der Waals surface area contributed by atoms with E-state index in [4.69, 9.17) is 0 Å². The van der Waals surface area contributed by atoms with Crippen molar-refractivity contribution >= 4 is 17.7 Å². The minimum absolute atomic E-state index is 0. The van der Waals surface area contributed by atoms with E-state index >= 15 is 0 Å². The first-order chi connectivity index (χ1) is 7.41. The summed E-state index contributed by atoms with van der Waals surface area (Å²) in [6, 6.07) is 3.07. The van der Waals surface area contributed by atoms with Crippen molar-refractivity contribution in [1.82, 2.24) is 4.90 Å². The smallest absolute Gasteiger partial charge is 0.270 e. The van der Waals surface area contributed by atoms with Gasteiger partial charge in [-0.3, -0.25) is 10.1 Å². The van der Waals surface area contributed by atoms with E-state index in [-0.39, 0.29) is 23.0 Å². The van der Waals surface area contributed by atoms with E-state index < -0.39 is 0 Å². The van der Waals surface area contributed by atoms with Gasteiger partial charge in [0, 0.05) is 26.2 Å². The molecule has 6 heteroatoms. The molecule has 0 bridgehead atoms. The molecule has 5 nitrogen and oxygen atoms in total. The van der Waals surface area contributed by atoms with Crippen LogP contribution in [0.5, 0.6) is 0 Å². The molecule has 0 N–H and O–H groups in total. The molecule has 0 aliphatic carbocycles. The highest BCUT2D eigenvalue weighted by Crippen LogP contribution is 2.28. The number of nitrogens with zero attached hydrogens (tertiary/aromatic N) is 3. The molecule has 1 rings (SSSR count). The van der Waals surface area contributed by atoms with E-state index in [9.17, 15) is 10.1 Å². The second kappa shape index (κ2) is 6.20. The molecule has 0 aromatic heterocycles. The number of aryl methyl sites for hydroxylation is 2. The zero-order valence-electron chi connectivity index (χ0n) is 10.3. The second-order valence-electron chi connectivity index (χ2n) is 3.89. The number of hydrogen-bond acceptors (Lipinski definition) is 3. The molecular formula is C11H15ClN3O2-.